The van der Waals surface area contributed by atoms with Crippen molar-refractivity contribution in [3.05, 3.63) is 84.4 Å². The Bertz CT molecular complexity index is 1240. The van der Waals surface area contributed by atoms with Crippen LogP contribution in [0.3, 0.4) is 0 Å². The minimum atomic E-state index is -0.116. The quantitative estimate of drug-likeness (QED) is 0.570. The maximum Gasteiger partial charge on any atom is 0.222 e. The minimum absolute atomic E-state index is 0.114. The van der Waals surface area contributed by atoms with Crippen molar-refractivity contribution < 1.29 is 4.79 Å². The molecule has 6 rings (SSSR count). The lowest BCUT2D eigenvalue weighted by Gasteiger charge is -2.44. The van der Waals surface area contributed by atoms with Crippen molar-refractivity contribution in [3.8, 4) is 11.1 Å². The van der Waals surface area contributed by atoms with Gasteiger partial charge in [0.25, 0.3) is 0 Å². The lowest BCUT2D eigenvalue weighted by molar-refractivity contribution is -0.121. The summed E-state index contributed by atoms with van der Waals surface area (Å²) in [4.78, 5) is 25.3. The van der Waals surface area contributed by atoms with Crippen LogP contribution in [0, 0.1) is 0 Å². The number of amides is 1. The molecule has 6 nitrogen and oxygen atoms in total. The largest absolute Gasteiger partial charge is 0.353 e. The van der Waals surface area contributed by atoms with Gasteiger partial charge in [-0.15, -0.1) is 0 Å². The van der Waals surface area contributed by atoms with Gasteiger partial charge in [0.05, 0.1) is 18.2 Å². The van der Waals surface area contributed by atoms with Crippen molar-refractivity contribution in [1.29, 1.82) is 0 Å². The van der Waals surface area contributed by atoms with E-state index in [2.05, 4.69) is 93.8 Å². The summed E-state index contributed by atoms with van der Waals surface area (Å²) < 4.78 is 0. The molecule has 1 N–H and O–H groups in total. The van der Waals surface area contributed by atoms with E-state index in [0.29, 0.717) is 12.5 Å². The minimum Gasteiger partial charge on any atom is -0.353 e. The van der Waals surface area contributed by atoms with E-state index >= 15 is 0 Å². The zero-order valence-electron chi connectivity index (χ0n) is 20.8. The number of guanidine groups is 1. The molecule has 3 aromatic rings. The van der Waals surface area contributed by atoms with Crippen LogP contribution in [0.25, 0.3) is 11.1 Å². The number of piperazine rings is 1. The Kier molecular flexibility index (Phi) is 6.20. The molecule has 0 spiro atoms. The summed E-state index contributed by atoms with van der Waals surface area (Å²) >= 11 is 0. The number of aliphatic imine (C=N–C) groups is 1. The third kappa shape index (κ3) is 4.73. The first-order valence-corrected chi connectivity index (χ1v) is 13.0. The number of fused-ring (bicyclic) bond motifs is 1. The number of nitrogens with one attached hydrogen (secondary N) is 1. The second kappa shape index (κ2) is 9.78. The van der Waals surface area contributed by atoms with Gasteiger partial charge < -0.3 is 20.0 Å². The van der Waals surface area contributed by atoms with Gasteiger partial charge in [0, 0.05) is 43.5 Å². The van der Waals surface area contributed by atoms with Crippen molar-refractivity contribution in [2.75, 3.05) is 38.1 Å². The predicted octanol–water partition coefficient (Wildman–Crippen LogP) is 4.82. The number of carbonyl (C=O) groups is 1. The van der Waals surface area contributed by atoms with Crippen LogP contribution in [0.15, 0.2) is 83.9 Å². The van der Waals surface area contributed by atoms with E-state index in [1.807, 2.05) is 12.1 Å². The molecule has 0 aromatic heterocycles. The number of likely N-dealkylation sites (N-methyl/N-ethyl adjacent to an activating group) is 1. The molecule has 6 heteroatoms. The van der Waals surface area contributed by atoms with Crippen molar-refractivity contribution in [2.24, 2.45) is 4.99 Å². The van der Waals surface area contributed by atoms with Crippen molar-refractivity contribution in [3.63, 3.8) is 0 Å². The number of nitrogens with zero attached hydrogens (tertiary/aromatic N) is 4. The molecule has 1 amide bonds. The molecule has 2 fully saturated rings. The zero-order chi connectivity index (χ0) is 24.5. The topological polar surface area (TPSA) is 51.2 Å². The van der Waals surface area contributed by atoms with Crippen LogP contribution in [-0.4, -0.2) is 60.9 Å². The Labute approximate surface area is 213 Å². The molecule has 2 aliphatic heterocycles. The Morgan fingerprint density at radius 1 is 0.861 bits per heavy atom. The van der Waals surface area contributed by atoms with E-state index in [1.54, 1.807) is 0 Å². The van der Waals surface area contributed by atoms with E-state index in [-0.39, 0.29) is 11.9 Å². The third-order valence-electron chi connectivity index (χ3n) is 7.40. The number of anilines is 1. The highest BCUT2D eigenvalue weighted by molar-refractivity contribution is 6.01. The van der Waals surface area contributed by atoms with Gasteiger partial charge >= 0.3 is 0 Å². The first-order chi connectivity index (χ1) is 17.7. The fourth-order valence-corrected chi connectivity index (χ4v) is 5.17. The van der Waals surface area contributed by atoms with E-state index in [1.165, 1.54) is 11.1 Å². The van der Waals surface area contributed by atoms with Gasteiger partial charge in [0.15, 0.2) is 0 Å². The number of hydrogen-bond donors (Lipinski definition) is 1. The molecular formula is C30H33N5O. The average molecular weight is 480 g/mol. The molecular weight excluding hydrogens is 446 g/mol. The maximum atomic E-state index is 13.1. The number of carbonyl (C=O) groups excluding carboxylic acids is 1. The third-order valence-corrected chi connectivity index (χ3v) is 7.40. The van der Waals surface area contributed by atoms with E-state index in [9.17, 15) is 4.79 Å². The number of benzene rings is 3. The highest BCUT2D eigenvalue weighted by Gasteiger charge is 2.36. The Hall–Kier alpha value is -3.64. The lowest BCUT2D eigenvalue weighted by Crippen LogP contribution is -2.54. The van der Waals surface area contributed by atoms with E-state index < -0.39 is 0 Å². The summed E-state index contributed by atoms with van der Waals surface area (Å²) in [5, 5.41) is 3.21. The maximum absolute atomic E-state index is 13.1. The van der Waals surface area contributed by atoms with Crippen LogP contribution in [0.2, 0.25) is 0 Å². The molecule has 2 heterocycles. The average Bonchev–Trinajstić information content (AvgIpc) is 3.73. The van der Waals surface area contributed by atoms with Gasteiger partial charge in [-0.3, -0.25) is 4.79 Å². The fourth-order valence-electron chi connectivity index (χ4n) is 5.17. The molecule has 3 aliphatic rings. The summed E-state index contributed by atoms with van der Waals surface area (Å²) in [6.45, 7) is 3.82. The summed E-state index contributed by atoms with van der Waals surface area (Å²) in [5.41, 5.74) is 5.51. The second-order valence-corrected chi connectivity index (χ2v) is 10.1. The van der Waals surface area contributed by atoms with E-state index in [0.717, 1.165) is 61.9 Å². The molecule has 0 bridgehead atoms. The zero-order valence-corrected chi connectivity index (χ0v) is 20.8. The highest BCUT2D eigenvalue weighted by Crippen LogP contribution is 2.41. The molecule has 1 atom stereocenters. The molecule has 1 unspecified atom stereocenters. The van der Waals surface area contributed by atoms with Gasteiger partial charge in [-0.1, -0.05) is 60.7 Å². The van der Waals surface area contributed by atoms with Crippen molar-refractivity contribution in [2.45, 2.75) is 31.3 Å². The van der Waals surface area contributed by atoms with E-state index in [4.69, 9.17) is 4.99 Å². The number of rotatable bonds is 5. The summed E-state index contributed by atoms with van der Waals surface area (Å²) in [6, 6.07) is 27.7. The molecule has 36 heavy (non-hydrogen) atoms. The predicted molar refractivity (Wildman–Crippen MR) is 145 cm³/mol. The molecule has 1 aliphatic carbocycles. The Morgan fingerprint density at radius 3 is 2.25 bits per heavy atom. The first-order valence-electron chi connectivity index (χ1n) is 13.0. The van der Waals surface area contributed by atoms with Crippen LogP contribution in [0.1, 0.15) is 30.9 Å². The van der Waals surface area contributed by atoms with Gasteiger partial charge in [0.1, 0.15) is 0 Å². The van der Waals surface area contributed by atoms with Gasteiger partial charge in [-0.05, 0) is 49.2 Å². The van der Waals surface area contributed by atoms with Crippen LogP contribution in [0.4, 0.5) is 11.4 Å². The number of para-hydroxylation sites is 1. The number of hydrogen-bond acceptors (Lipinski definition) is 5. The smallest absolute Gasteiger partial charge is 0.222 e. The lowest BCUT2D eigenvalue weighted by atomic mass is 9.96. The van der Waals surface area contributed by atoms with Gasteiger partial charge in [0.2, 0.25) is 11.9 Å². The van der Waals surface area contributed by atoms with Crippen LogP contribution < -0.4 is 10.2 Å². The van der Waals surface area contributed by atoms with Crippen molar-refractivity contribution in [1.82, 2.24) is 15.1 Å². The normalized spacial score (nSPS) is 20.0. The Balaban J connectivity index is 1.40. The van der Waals surface area contributed by atoms with Crippen LogP contribution >= 0.6 is 0 Å². The second-order valence-electron chi connectivity index (χ2n) is 10.1. The monoisotopic (exact) mass is 479 g/mol. The molecule has 0 radical (unpaired) electrons. The van der Waals surface area contributed by atoms with Gasteiger partial charge in [-0.2, -0.15) is 0 Å². The molecule has 3 aromatic carbocycles. The Morgan fingerprint density at radius 2 is 1.53 bits per heavy atom. The SMILES string of the molecule is CN1CCN(C2=Nc3ccccc3C(CC(=O)NC3CC3)N2c2ccc(-c3ccccc3)cc2)CC1. The fraction of sp³-hybridized carbons (Fsp3) is 0.333. The first kappa shape index (κ1) is 22.8. The van der Waals surface area contributed by atoms with Gasteiger partial charge in [-0.25, -0.2) is 4.99 Å². The summed E-state index contributed by atoms with van der Waals surface area (Å²) in [5.74, 6) is 1.06. The summed E-state index contributed by atoms with van der Waals surface area (Å²) in [6.07, 6.45) is 2.58. The standard InChI is InChI=1S/C30H33N5O/c1-33-17-19-34(20-18-33)30-32-27-10-6-5-9-26(27)28(21-29(36)31-24-13-14-24)35(30)25-15-11-23(12-16-25)22-7-3-2-4-8-22/h2-12,15-16,24,28H,13-14,17-21H2,1H3,(H,31,36). The highest BCUT2D eigenvalue weighted by atomic mass is 16.1. The van der Waals surface area contributed by atoms with Crippen molar-refractivity contribution >= 4 is 23.2 Å². The van der Waals surface area contributed by atoms with Crippen LogP contribution in [0.5, 0.6) is 0 Å². The molecule has 184 valence electrons. The van der Waals surface area contributed by atoms with Crippen LogP contribution in [-0.2, 0) is 4.79 Å². The molecule has 1 saturated carbocycles. The summed E-state index contributed by atoms with van der Waals surface area (Å²) in [7, 11) is 2.17. The molecule has 1 saturated heterocycles.